The second-order valence-electron chi connectivity index (χ2n) is 11.1. The van der Waals surface area contributed by atoms with Crippen molar-refractivity contribution in [2.24, 2.45) is 5.73 Å². The second-order valence-corrected chi connectivity index (χ2v) is 13.6. The van der Waals surface area contributed by atoms with E-state index in [-0.39, 0.29) is 75.7 Å². The monoisotopic (exact) mass is 896 g/mol. The first-order valence-corrected chi connectivity index (χ1v) is 19.5. The van der Waals surface area contributed by atoms with Gasteiger partial charge in [0.15, 0.2) is 0 Å². The number of rotatable bonds is 10. The number of aromatic nitrogens is 4. The van der Waals surface area contributed by atoms with E-state index in [1.54, 1.807) is 18.6 Å². The molecule has 6 rings (SSSR count). The molecule has 0 radical (unpaired) electrons. The van der Waals surface area contributed by atoms with Gasteiger partial charge in [0.25, 0.3) is 17.0 Å². The number of pyridine rings is 4. The Morgan fingerprint density at radius 3 is 1.49 bits per heavy atom. The van der Waals surface area contributed by atoms with Crippen LogP contribution in [0.15, 0.2) is 105 Å². The number of H-pyrrole nitrogens is 2. The van der Waals surface area contributed by atoms with Crippen LogP contribution in [0.3, 0.4) is 0 Å². The summed E-state index contributed by atoms with van der Waals surface area (Å²) in [6.07, 6.45) is 9.07. The van der Waals surface area contributed by atoms with Gasteiger partial charge in [-0.3, -0.25) is 24.4 Å². The van der Waals surface area contributed by atoms with Crippen molar-refractivity contribution in [1.29, 1.82) is 0 Å². The number of carbonyl (C=O) groups is 2. The van der Waals surface area contributed by atoms with Crippen LogP contribution in [0.4, 0.5) is 31.5 Å². The van der Waals surface area contributed by atoms with E-state index >= 15 is 0 Å². The number of nitrogens with one attached hydrogen (secondary N) is 5. The quantitative estimate of drug-likeness (QED) is 0.0848. The van der Waals surface area contributed by atoms with Crippen molar-refractivity contribution in [1.82, 2.24) is 25.3 Å². The molecule has 0 fully saturated rings. The number of amides is 1. The average Bonchev–Trinajstić information content (AvgIpc) is 3.21. The normalized spacial score (nSPS) is 9.98. The zero-order valence-corrected chi connectivity index (χ0v) is 35.8. The first-order chi connectivity index (χ1) is 27.3. The standard InChI is InChI=1S/C19H16ClFN4O2S.C18H13ClFN3O3S.CH5N.ClH.Li/c1-22-17(26)13-9-23-6-5-15(13)24-16-8-12(18(27)25-19(16)28-2)11-7-10(20)3-4-14(11)21;1-27-17-15(22-14-4-5-21-8-12(14)18(25)26)7-11(16(24)23-17)10-6-9(19)2-3-13(10)20;1-2;;/h3-9H,1-2H3,(H,22,26)(H,23,24)(H,25,27);2-8H,1H3,(H,21,22)(H,23,24)(H,25,26);2H2,1H3;1H;/q;;;;+1/p-1. The molecule has 0 spiro atoms. The van der Waals surface area contributed by atoms with E-state index in [2.05, 4.69) is 41.6 Å². The van der Waals surface area contributed by atoms with Crippen LogP contribution >= 0.6 is 59.1 Å². The summed E-state index contributed by atoms with van der Waals surface area (Å²) in [5.74, 6) is -2.88. The predicted octanol–water partition coefficient (Wildman–Crippen LogP) is 4.11. The fourth-order valence-corrected chi connectivity index (χ4v) is 6.51. The molecule has 0 saturated carbocycles. The predicted molar refractivity (Wildman–Crippen MR) is 229 cm³/mol. The van der Waals surface area contributed by atoms with Crippen LogP contribution in [0.5, 0.6) is 0 Å². The fraction of sp³-hybridized carbons (Fsp3) is 0.105. The number of nitrogens with zero attached hydrogens (tertiary/aromatic N) is 2. The zero-order chi connectivity index (χ0) is 41.8. The SMILES string of the molecule is CN.CNC(=O)c1cnccc1Nc1cc(-c2cc(Cl)ccc2F)c(=O)[nH]c1SC.CSc1[nH]c(=O)c(-c2cc(Cl)ccc2F)cc1Nc1ccncc1C(=O)[O-].Cl.[Li+]. The fourth-order valence-electron chi connectivity index (χ4n) is 5.12. The molecule has 4 aromatic heterocycles. The summed E-state index contributed by atoms with van der Waals surface area (Å²) in [6, 6.07) is 14.0. The van der Waals surface area contributed by atoms with E-state index < -0.39 is 28.7 Å². The number of anilines is 4. The van der Waals surface area contributed by atoms with Gasteiger partial charge in [-0.15, -0.1) is 35.9 Å². The molecule has 13 nitrogen and oxygen atoms in total. The van der Waals surface area contributed by atoms with Gasteiger partial charge < -0.3 is 41.6 Å². The molecule has 0 saturated heterocycles. The van der Waals surface area contributed by atoms with Gasteiger partial charge in [-0.25, -0.2) is 8.78 Å². The van der Waals surface area contributed by atoms with Crippen LogP contribution in [-0.4, -0.2) is 58.4 Å². The molecule has 4 heterocycles. The summed E-state index contributed by atoms with van der Waals surface area (Å²) in [6.45, 7) is 0. The number of nitrogens with two attached hydrogens (primary N) is 1. The Morgan fingerprint density at radius 1 is 0.695 bits per heavy atom. The Balaban J connectivity index is 0.000000378. The van der Waals surface area contributed by atoms with E-state index in [1.807, 2.05) is 0 Å². The molecule has 7 N–H and O–H groups in total. The third-order valence-corrected chi connectivity index (χ3v) is 9.66. The van der Waals surface area contributed by atoms with Gasteiger partial charge in [0, 0.05) is 58.6 Å². The van der Waals surface area contributed by atoms with E-state index in [0.717, 1.165) is 6.20 Å². The minimum Gasteiger partial charge on any atom is -0.545 e. The van der Waals surface area contributed by atoms with Crippen molar-refractivity contribution in [2.45, 2.75) is 10.1 Å². The van der Waals surface area contributed by atoms with Crippen LogP contribution in [0.2, 0.25) is 10.0 Å². The van der Waals surface area contributed by atoms with Gasteiger partial charge in [0.05, 0.1) is 55.5 Å². The topological polar surface area (TPSA) is 211 Å². The summed E-state index contributed by atoms with van der Waals surface area (Å²) in [4.78, 5) is 61.4. The van der Waals surface area contributed by atoms with E-state index in [9.17, 15) is 33.1 Å². The van der Waals surface area contributed by atoms with Crippen molar-refractivity contribution < 1.29 is 42.3 Å². The number of thioether (sulfide) groups is 2. The number of halogens is 5. The molecule has 0 unspecified atom stereocenters. The Bertz CT molecular complexity index is 2550. The van der Waals surface area contributed by atoms with Crippen molar-refractivity contribution >= 4 is 93.8 Å². The average molecular weight is 898 g/mol. The van der Waals surface area contributed by atoms with Crippen LogP contribution in [0.1, 0.15) is 20.7 Å². The number of aromatic carboxylic acids is 1. The zero-order valence-electron chi connectivity index (χ0n) is 31.8. The molecular formula is C38H34Cl3F2LiN8O5S2. The molecule has 2 aromatic carbocycles. The molecule has 0 aliphatic heterocycles. The number of hydrogen-bond acceptors (Lipinski definition) is 12. The van der Waals surface area contributed by atoms with Crippen LogP contribution < -0.4 is 56.8 Å². The maximum absolute atomic E-state index is 14.3. The van der Waals surface area contributed by atoms with E-state index in [4.69, 9.17) is 23.2 Å². The summed E-state index contributed by atoms with van der Waals surface area (Å²) >= 11 is 14.4. The largest absolute Gasteiger partial charge is 1.00 e. The Labute approximate surface area is 373 Å². The minimum atomic E-state index is -1.40. The Hall–Kier alpha value is -4.83. The molecule has 0 aliphatic carbocycles. The summed E-state index contributed by atoms with van der Waals surface area (Å²) in [5, 5.41) is 21.5. The van der Waals surface area contributed by atoms with Gasteiger partial charge in [0.2, 0.25) is 0 Å². The summed E-state index contributed by atoms with van der Waals surface area (Å²) in [7, 11) is 3.02. The molecule has 59 heavy (non-hydrogen) atoms. The molecule has 0 atom stereocenters. The minimum absolute atomic E-state index is 0. The molecule has 1 amide bonds. The molecule has 0 aliphatic rings. The third-order valence-electron chi connectivity index (χ3n) is 7.73. The van der Waals surface area contributed by atoms with Crippen molar-refractivity contribution in [3.05, 3.63) is 139 Å². The maximum atomic E-state index is 14.3. The third kappa shape index (κ3) is 12.6. The van der Waals surface area contributed by atoms with Gasteiger partial charge >= 0.3 is 18.9 Å². The number of benzene rings is 2. The maximum Gasteiger partial charge on any atom is 1.00 e. The summed E-state index contributed by atoms with van der Waals surface area (Å²) < 4.78 is 28.5. The first kappa shape index (κ1) is 50.3. The van der Waals surface area contributed by atoms with Gasteiger partial charge in [0.1, 0.15) is 11.6 Å². The Morgan fingerprint density at radius 2 is 1.10 bits per heavy atom. The van der Waals surface area contributed by atoms with Gasteiger partial charge in [-0.2, -0.15) is 0 Å². The first-order valence-electron chi connectivity index (χ1n) is 16.3. The van der Waals surface area contributed by atoms with Crippen LogP contribution in [0, 0.1) is 11.6 Å². The molecule has 6 aromatic rings. The van der Waals surface area contributed by atoms with E-state index in [0.29, 0.717) is 37.7 Å². The van der Waals surface area contributed by atoms with Crippen LogP contribution in [-0.2, 0) is 0 Å². The summed E-state index contributed by atoms with van der Waals surface area (Å²) in [5.41, 5.74) is 5.67. The number of hydrogen-bond donors (Lipinski definition) is 6. The molecule has 21 heteroatoms. The Kier molecular flexibility index (Phi) is 20.2. The molecular weight excluding hydrogens is 864 g/mol. The number of carbonyl (C=O) groups excluding carboxylic acids is 2. The molecule has 304 valence electrons. The second kappa shape index (κ2) is 23.7. The van der Waals surface area contributed by atoms with Crippen molar-refractivity contribution in [3.63, 3.8) is 0 Å². The number of aromatic amines is 2. The van der Waals surface area contributed by atoms with Crippen LogP contribution in [0.25, 0.3) is 22.3 Å². The van der Waals surface area contributed by atoms with Crippen molar-refractivity contribution in [2.75, 3.05) is 37.2 Å². The molecule has 0 bridgehead atoms. The van der Waals surface area contributed by atoms with Crippen molar-refractivity contribution in [3.8, 4) is 22.3 Å². The van der Waals surface area contributed by atoms with E-state index in [1.165, 1.54) is 111 Å². The smallest absolute Gasteiger partial charge is 0.545 e. The van der Waals surface area contributed by atoms with Gasteiger partial charge in [-0.05, 0) is 80.2 Å². The number of carboxylic acids is 1. The van der Waals surface area contributed by atoms with Gasteiger partial charge in [-0.1, -0.05) is 23.2 Å². The number of carboxylic acid groups (broad SMARTS) is 1.